The molecule has 0 saturated heterocycles. The third-order valence-corrected chi connectivity index (χ3v) is 5.15. The van der Waals surface area contributed by atoms with Gasteiger partial charge >= 0.3 is 5.97 Å². The molecule has 0 spiro atoms. The standard InChI is InChI=1S/C25H19N3O6/c1-15-7-8-16(2)21(13-15)23(29)19-5-3-4-6-20(19)25(30)33-14-22-26-27-24(34-22)17-9-11-18(12-10-17)28(31)32/h3-13H,14H2,1-2H3. The van der Waals surface area contributed by atoms with Crippen LogP contribution in [0.5, 0.6) is 0 Å². The van der Waals surface area contributed by atoms with Gasteiger partial charge in [-0.2, -0.15) is 0 Å². The summed E-state index contributed by atoms with van der Waals surface area (Å²) in [6.07, 6.45) is 0. The van der Waals surface area contributed by atoms with E-state index in [1.54, 1.807) is 24.3 Å². The first kappa shape index (κ1) is 22.5. The minimum atomic E-state index is -0.704. The van der Waals surface area contributed by atoms with E-state index in [9.17, 15) is 19.7 Å². The normalized spacial score (nSPS) is 10.6. The van der Waals surface area contributed by atoms with Crippen LogP contribution < -0.4 is 0 Å². The van der Waals surface area contributed by atoms with Crippen molar-refractivity contribution in [2.75, 3.05) is 0 Å². The Bertz CT molecular complexity index is 1390. The highest BCUT2D eigenvalue weighted by atomic mass is 16.6. The number of hydrogen-bond acceptors (Lipinski definition) is 8. The smallest absolute Gasteiger partial charge is 0.339 e. The summed E-state index contributed by atoms with van der Waals surface area (Å²) in [7, 11) is 0. The minimum Gasteiger partial charge on any atom is -0.452 e. The molecule has 170 valence electrons. The summed E-state index contributed by atoms with van der Waals surface area (Å²) in [6, 6.07) is 17.6. The topological polar surface area (TPSA) is 125 Å². The molecular formula is C25H19N3O6. The van der Waals surface area contributed by atoms with Crippen LogP contribution in [0.25, 0.3) is 11.5 Å². The number of esters is 1. The quantitative estimate of drug-likeness (QED) is 0.167. The summed E-state index contributed by atoms with van der Waals surface area (Å²) >= 11 is 0. The lowest BCUT2D eigenvalue weighted by molar-refractivity contribution is -0.384. The zero-order chi connectivity index (χ0) is 24.2. The lowest BCUT2D eigenvalue weighted by Gasteiger charge is -2.10. The summed E-state index contributed by atoms with van der Waals surface area (Å²) in [6.45, 7) is 3.43. The SMILES string of the molecule is Cc1ccc(C)c(C(=O)c2ccccc2C(=O)OCc2nnc(-c3ccc([N+](=O)[O-])cc3)o2)c1. The number of aryl methyl sites for hydroxylation is 2. The Labute approximate surface area is 194 Å². The molecule has 0 radical (unpaired) electrons. The maximum absolute atomic E-state index is 13.2. The van der Waals surface area contributed by atoms with Gasteiger partial charge in [0.1, 0.15) is 0 Å². The number of non-ortho nitro benzene ring substituents is 1. The molecule has 0 fully saturated rings. The van der Waals surface area contributed by atoms with E-state index in [-0.39, 0.29) is 41.0 Å². The maximum Gasteiger partial charge on any atom is 0.339 e. The summed E-state index contributed by atoms with van der Waals surface area (Å²) < 4.78 is 10.8. The molecule has 1 aromatic heterocycles. The summed E-state index contributed by atoms with van der Waals surface area (Å²) in [5.74, 6) is -0.803. The van der Waals surface area contributed by atoms with Gasteiger partial charge < -0.3 is 9.15 Å². The average molecular weight is 457 g/mol. The molecule has 0 atom stereocenters. The molecule has 9 nitrogen and oxygen atoms in total. The van der Waals surface area contributed by atoms with Gasteiger partial charge in [-0.15, -0.1) is 10.2 Å². The monoisotopic (exact) mass is 457 g/mol. The first-order valence-electron chi connectivity index (χ1n) is 10.3. The number of hydrogen-bond donors (Lipinski definition) is 0. The van der Waals surface area contributed by atoms with Gasteiger partial charge in [0, 0.05) is 28.8 Å². The Morgan fingerprint density at radius 1 is 0.941 bits per heavy atom. The second-order valence-electron chi connectivity index (χ2n) is 7.57. The van der Waals surface area contributed by atoms with Crippen molar-refractivity contribution in [3.05, 3.63) is 111 Å². The maximum atomic E-state index is 13.2. The largest absolute Gasteiger partial charge is 0.452 e. The van der Waals surface area contributed by atoms with Crippen LogP contribution in [0.1, 0.15) is 43.3 Å². The Kier molecular flexibility index (Phi) is 6.26. The van der Waals surface area contributed by atoms with Crippen molar-refractivity contribution in [2.45, 2.75) is 20.5 Å². The number of nitro benzene ring substituents is 1. The van der Waals surface area contributed by atoms with Crippen LogP contribution in [-0.4, -0.2) is 26.9 Å². The highest BCUT2D eigenvalue weighted by Crippen LogP contribution is 2.23. The molecule has 0 aliphatic carbocycles. The molecule has 3 aromatic carbocycles. The zero-order valence-electron chi connectivity index (χ0n) is 18.3. The zero-order valence-corrected chi connectivity index (χ0v) is 18.3. The molecule has 1 heterocycles. The molecule has 9 heteroatoms. The first-order valence-corrected chi connectivity index (χ1v) is 10.3. The number of ketones is 1. The van der Waals surface area contributed by atoms with Gasteiger partial charge in [-0.05, 0) is 43.7 Å². The fraction of sp³-hybridized carbons (Fsp3) is 0.120. The second kappa shape index (κ2) is 9.45. The molecule has 0 unspecified atom stereocenters. The van der Waals surface area contributed by atoms with E-state index in [4.69, 9.17) is 9.15 Å². The van der Waals surface area contributed by atoms with Crippen LogP contribution >= 0.6 is 0 Å². The molecule has 0 bridgehead atoms. The molecule has 4 aromatic rings. The molecule has 0 saturated carbocycles. The van der Waals surface area contributed by atoms with Crippen LogP contribution in [0.2, 0.25) is 0 Å². The molecule has 0 N–H and O–H groups in total. The van der Waals surface area contributed by atoms with Crippen molar-refractivity contribution < 1.29 is 23.7 Å². The van der Waals surface area contributed by atoms with E-state index >= 15 is 0 Å². The Balaban J connectivity index is 1.49. The van der Waals surface area contributed by atoms with Crippen molar-refractivity contribution in [3.63, 3.8) is 0 Å². The lowest BCUT2D eigenvalue weighted by atomic mass is 9.94. The van der Waals surface area contributed by atoms with Crippen LogP contribution in [-0.2, 0) is 11.3 Å². The van der Waals surface area contributed by atoms with E-state index in [0.29, 0.717) is 11.1 Å². The lowest BCUT2D eigenvalue weighted by Crippen LogP contribution is -2.13. The van der Waals surface area contributed by atoms with Crippen molar-refractivity contribution in [1.29, 1.82) is 0 Å². The van der Waals surface area contributed by atoms with Crippen molar-refractivity contribution in [3.8, 4) is 11.5 Å². The fourth-order valence-corrected chi connectivity index (χ4v) is 3.34. The van der Waals surface area contributed by atoms with Gasteiger partial charge in [0.2, 0.25) is 5.89 Å². The summed E-state index contributed by atoms with van der Waals surface area (Å²) in [4.78, 5) is 36.2. The number of ether oxygens (including phenoxy) is 1. The van der Waals surface area contributed by atoms with Crippen LogP contribution in [0.4, 0.5) is 5.69 Å². The highest BCUT2D eigenvalue weighted by Gasteiger charge is 2.21. The number of carbonyl (C=O) groups is 2. The van der Waals surface area contributed by atoms with Crippen molar-refractivity contribution in [1.82, 2.24) is 10.2 Å². The molecule has 0 amide bonds. The summed E-state index contributed by atoms with van der Waals surface area (Å²) in [5, 5.41) is 18.5. The van der Waals surface area contributed by atoms with Gasteiger partial charge in [0.15, 0.2) is 12.4 Å². The van der Waals surface area contributed by atoms with Crippen LogP contribution in [0.15, 0.2) is 71.1 Å². The first-order chi connectivity index (χ1) is 16.3. The van der Waals surface area contributed by atoms with Crippen molar-refractivity contribution in [2.24, 2.45) is 0 Å². The number of nitro groups is 1. The predicted octanol–water partition coefficient (Wildman–Crippen LogP) is 4.85. The molecule has 0 aliphatic rings. The molecule has 4 rings (SSSR count). The highest BCUT2D eigenvalue weighted by molar-refractivity contribution is 6.15. The molecular weight excluding hydrogens is 438 g/mol. The number of carbonyl (C=O) groups excluding carboxylic acids is 2. The minimum absolute atomic E-state index is 0.0417. The Morgan fingerprint density at radius 3 is 2.35 bits per heavy atom. The van der Waals surface area contributed by atoms with Crippen molar-refractivity contribution >= 4 is 17.4 Å². The Hall–Kier alpha value is -4.66. The summed E-state index contributed by atoms with van der Waals surface area (Å²) in [5.41, 5.74) is 3.05. The fourth-order valence-electron chi connectivity index (χ4n) is 3.34. The number of benzene rings is 3. The number of aromatic nitrogens is 2. The third kappa shape index (κ3) is 4.73. The number of nitrogens with zero attached hydrogens (tertiary/aromatic N) is 3. The Morgan fingerprint density at radius 2 is 1.65 bits per heavy atom. The van der Waals surface area contributed by atoms with E-state index in [1.807, 2.05) is 26.0 Å². The third-order valence-electron chi connectivity index (χ3n) is 5.15. The van der Waals surface area contributed by atoms with Gasteiger partial charge in [-0.25, -0.2) is 4.79 Å². The van der Waals surface area contributed by atoms with E-state index in [2.05, 4.69) is 10.2 Å². The molecule has 34 heavy (non-hydrogen) atoms. The predicted molar refractivity (Wildman–Crippen MR) is 121 cm³/mol. The van der Waals surface area contributed by atoms with Gasteiger partial charge in [-0.1, -0.05) is 35.9 Å². The second-order valence-corrected chi connectivity index (χ2v) is 7.57. The van der Waals surface area contributed by atoms with Gasteiger partial charge in [-0.3, -0.25) is 14.9 Å². The average Bonchev–Trinajstić information content (AvgIpc) is 3.33. The van der Waals surface area contributed by atoms with Crippen LogP contribution in [0, 0.1) is 24.0 Å². The van der Waals surface area contributed by atoms with Gasteiger partial charge in [0.05, 0.1) is 10.5 Å². The molecule has 0 aliphatic heterocycles. The van der Waals surface area contributed by atoms with Crippen LogP contribution in [0.3, 0.4) is 0 Å². The van der Waals surface area contributed by atoms with E-state index < -0.39 is 10.9 Å². The number of rotatable bonds is 7. The van der Waals surface area contributed by atoms with Gasteiger partial charge in [0.25, 0.3) is 11.6 Å². The van der Waals surface area contributed by atoms with E-state index in [1.165, 1.54) is 30.3 Å². The van der Waals surface area contributed by atoms with E-state index in [0.717, 1.165) is 11.1 Å².